The topological polar surface area (TPSA) is 122 Å². The number of benzene rings is 2. The number of hydrogen-bond acceptors (Lipinski definition) is 8. The second kappa shape index (κ2) is 11.5. The van der Waals surface area contributed by atoms with E-state index in [0.717, 1.165) is 5.56 Å². The zero-order chi connectivity index (χ0) is 26.5. The Kier molecular flexibility index (Phi) is 8.22. The van der Waals surface area contributed by atoms with Crippen LogP contribution in [0, 0.1) is 0 Å². The second-order valence-electron chi connectivity index (χ2n) is 8.09. The average Bonchev–Trinajstić information content (AvgIpc) is 3.17. The highest BCUT2D eigenvalue weighted by Crippen LogP contribution is 2.31. The molecule has 1 aromatic heterocycles. The third-order valence-corrected chi connectivity index (χ3v) is 6.74. The van der Waals surface area contributed by atoms with Crippen molar-refractivity contribution in [3.63, 3.8) is 0 Å². The number of aromatic nitrogens is 1. The lowest BCUT2D eigenvalue weighted by atomic mass is 9.96. The molecule has 11 heteroatoms. The van der Waals surface area contributed by atoms with Crippen molar-refractivity contribution in [1.82, 2.24) is 4.57 Å². The summed E-state index contributed by atoms with van der Waals surface area (Å²) in [5.74, 6) is -0.663. The molecule has 37 heavy (non-hydrogen) atoms. The van der Waals surface area contributed by atoms with Gasteiger partial charge in [-0.25, -0.2) is 9.79 Å². The van der Waals surface area contributed by atoms with Crippen LogP contribution in [0.2, 0.25) is 5.02 Å². The predicted octanol–water partition coefficient (Wildman–Crippen LogP) is 1.94. The Balaban J connectivity index is 1.77. The van der Waals surface area contributed by atoms with Crippen molar-refractivity contribution in [1.29, 1.82) is 0 Å². The number of amides is 1. The Morgan fingerprint density at radius 1 is 1.14 bits per heavy atom. The molecule has 192 valence electrons. The van der Waals surface area contributed by atoms with Crippen LogP contribution in [-0.2, 0) is 19.1 Å². The molecule has 3 aromatic rings. The van der Waals surface area contributed by atoms with E-state index in [1.807, 2.05) is 0 Å². The van der Waals surface area contributed by atoms with Gasteiger partial charge in [-0.15, -0.1) is 0 Å². The number of fused-ring (bicyclic) bond motifs is 1. The van der Waals surface area contributed by atoms with Crippen molar-refractivity contribution in [3.8, 4) is 5.75 Å². The first kappa shape index (κ1) is 26.3. The first-order chi connectivity index (χ1) is 17.8. The Labute approximate surface area is 221 Å². The van der Waals surface area contributed by atoms with E-state index in [1.165, 1.54) is 23.0 Å². The minimum Gasteiger partial charge on any atom is -0.484 e. The molecule has 1 atom stereocenters. The van der Waals surface area contributed by atoms with Gasteiger partial charge in [0, 0.05) is 12.1 Å². The summed E-state index contributed by atoms with van der Waals surface area (Å²) in [7, 11) is 1.52. The Morgan fingerprint density at radius 3 is 2.49 bits per heavy atom. The quantitative estimate of drug-likeness (QED) is 0.326. The predicted molar refractivity (Wildman–Crippen MR) is 139 cm³/mol. The van der Waals surface area contributed by atoms with Gasteiger partial charge in [0.2, 0.25) is 0 Å². The van der Waals surface area contributed by atoms with Crippen LogP contribution in [0.1, 0.15) is 24.1 Å². The molecule has 2 heterocycles. The van der Waals surface area contributed by atoms with Crippen molar-refractivity contribution in [2.45, 2.75) is 13.0 Å². The smallest absolute Gasteiger partial charge is 0.338 e. The maximum Gasteiger partial charge on any atom is 0.338 e. The Morgan fingerprint density at radius 2 is 1.84 bits per heavy atom. The number of halogens is 1. The number of esters is 1. The highest BCUT2D eigenvalue weighted by Gasteiger charge is 2.33. The van der Waals surface area contributed by atoms with Gasteiger partial charge in [0.05, 0.1) is 28.5 Å². The number of thiazole rings is 1. The lowest BCUT2D eigenvalue weighted by Crippen LogP contribution is -2.40. The number of carbonyl (C=O) groups excluding carboxylic acids is 2. The highest BCUT2D eigenvalue weighted by atomic mass is 35.5. The number of primary amides is 1. The molecule has 0 aliphatic carbocycles. The molecule has 0 spiro atoms. The number of ether oxygens (including phenoxy) is 3. The van der Waals surface area contributed by atoms with Crippen LogP contribution in [0.15, 0.2) is 69.6 Å². The molecule has 4 rings (SSSR count). The van der Waals surface area contributed by atoms with Gasteiger partial charge >= 0.3 is 5.97 Å². The fourth-order valence-electron chi connectivity index (χ4n) is 3.80. The van der Waals surface area contributed by atoms with Crippen LogP contribution in [0.3, 0.4) is 0 Å². The van der Waals surface area contributed by atoms with Gasteiger partial charge in [-0.05, 0) is 48.4 Å². The number of carbonyl (C=O) groups is 2. The third kappa shape index (κ3) is 5.99. The minimum absolute atomic E-state index is 0.0724. The molecule has 2 aromatic carbocycles. The monoisotopic (exact) mass is 541 g/mol. The van der Waals surface area contributed by atoms with E-state index in [-0.39, 0.29) is 31.0 Å². The molecule has 1 amide bonds. The standard InChI is InChI=1S/C26H24ClN3O6S/c1-15-22(25(33)35-12-11-34-2)23(17-5-7-18(27)8-6-17)30-24(32)20(37-26(30)29-15)13-16-3-9-19(10-4-16)36-14-21(28)31/h3-10,13,23H,11-12,14H2,1-2H3,(H2,28,31). The van der Waals surface area contributed by atoms with E-state index in [4.69, 9.17) is 31.5 Å². The van der Waals surface area contributed by atoms with Gasteiger partial charge in [0.25, 0.3) is 11.5 Å². The van der Waals surface area contributed by atoms with Crippen molar-refractivity contribution >= 4 is 40.9 Å². The van der Waals surface area contributed by atoms with Crippen molar-refractivity contribution in [2.75, 3.05) is 26.9 Å². The molecular formula is C26H24ClN3O6S. The van der Waals surface area contributed by atoms with Gasteiger partial charge in [0.1, 0.15) is 12.4 Å². The summed E-state index contributed by atoms with van der Waals surface area (Å²) in [6.45, 7) is 1.81. The number of nitrogens with two attached hydrogens (primary N) is 1. The first-order valence-corrected chi connectivity index (χ1v) is 12.4. The van der Waals surface area contributed by atoms with Crippen molar-refractivity contribution in [2.24, 2.45) is 10.7 Å². The molecular weight excluding hydrogens is 518 g/mol. The summed E-state index contributed by atoms with van der Waals surface area (Å²) in [5, 5.41) is 0.532. The normalized spacial score (nSPS) is 15.2. The van der Waals surface area contributed by atoms with Crippen LogP contribution < -0.4 is 25.4 Å². The number of allylic oxidation sites excluding steroid dienone is 1. The summed E-state index contributed by atoms with van der Waals surface area (Å²) < 4.78 is 17.6. The van der Waals surface area contributed by atoms with Gasteiger partial charge in [-0.1, -0.05) is 47.2 Å². The molecule has 0 saturated carbocycles. The molecule has 2 N–H and O–H groups in total. The second-order valence-corrected chi connectivity index (χ2v) is 9.53. The largest absolute Gasteiger partial charge is 0.484 e. The zero-order valence-electron chi connectivity index (χ0n) is 20.1. The third-order valence-electron chi connectivity index (χ3n) is 5.51. The van der Waals surface area contributed by atoms with E-state index in [1.54, 1.807) is 61.5 Å². The number of hydrogen-bond donors (Lipinski definition) is 1. The molecule has 0 saturated heterocycles. The van der Waals surface area contributed by atoms with Gasteiger partial charge in [0.15, 0.2) is 11.4 Å². The van der Waals surface area contributed by atoms with Crippen LogP contribution >= 0.6 is 22.9 Å². The van der Waals surface area contributed by atoms with Gasteiger partial charge < -0.3 is 19.9 Å². The molecule has 0 bridgehead atoms. The Hall–Kier alpha value is -3.73. The highest BCUT2D eigenvalue weighted by molar-refractivity contribution is 7.07. The molecule has 1 aliphatic heterocycles. The van der Waals surface area contributed by atoms with Crippen LogP contribution in [0.25, 0.3) is 6.08 Å². The maximum absolute atomic E-state index is 13.6. The fraction of sp³-hybridized carbons (Fsp3) is 0.231. The van der Waals surface area contributed by atoms with Crippen LogP contribution in [-0.4, -0.2) is 43.4 Å². The van der Waals surface area contributed by atoms with E-state index in [2.05, 4.69) is 4.99 Å². The number of nitrogens with zero attached hydrogens (tertiary/aromatic N) is 2. The van der Waals surface area contributed by atoms with Gasteiger partial charge in [-0.3, -0.25) is 14.2 Å². The summed E-state index contributed by atoms with van der Waals surface area (Å²) >= 11 is 7.31. The zero-order valence-corrected chi connectivity index (χ0v) is 21.7. The Bertz CT molecular complexity index is 1520. The average molecular weight is 542 g/mol. The molecule has 1 aliphatic rings. The minimum atomic E-state index is -0.740. The molecule has 0 radical (unpaired) electrons. The van der Waals surface area contributed by atoms with Crippen LogP contribution in [0.5, 0.6) is 5.75 Å². The van der Waals surface area contributed by atoms with Gasteiger partial charge in [-0.2, -0.15) is 0 Å². The molecule has 1 unspecified atom stereocenters. The van der Waals surface area contributed by atoms with Crippen molar-refractivity contribution in [3.05, 3.63) is 95.6 Å². The van der Waals surface area contributed by atoms with Crippen LogP contribution in [0.4, 0.5) is 0 Å². The lowest BCUT2D eigenvalue weighted by molar-refractivity contribution is -0.140. The molecule has 9 nitrogen and oxygen atoms in total. The van der Waals surface area contributed by atoms with E-state index in [9.17, 15) is 14.4 Å². The fourth-order valence-corrected chi connectivity index (χ4v) is 4.98. The molecule has 0 fully saturated rings. The maximum atomic E-state index is 13.6. The summed E-state index contributed by atoms with van der Waals surface area (Å²) in [6.07, 6.45) is 1.73. The first-order valence-electron chi connectivity index (χ1n) is 11.2. The lowest BCUT2D eigenvalue weighted by Gasteiger charge is -2.24. The van der Waals surface area contributed by atoms with E-state index < -0.39 is 17.9 Å². The number of rotatable bonds is 9. The number of methoxy groups -OCH3 is 1. The summed E-state index contributed by atoms with van der Waals surface area (Å²) in [5.41, 5.74) is 6.98. The SMILES string of the molecule is COCCOC(=O)C1=C(C)N=c2sc(=Cc3ccc(OCC(N)=O)cc3)c(=O)n2C1c1ccc(Cl)cc1. The summed E-state index contributed by atoms with van der Waals surface area (Å²) in [4.78, 5) is 42.7. The summed E-state index contributed by atoms with van der Waals surface area (Å²) in [6, 6.07) is 13.1. The van der Waals surface area contributed by atoms with Crippen molar-refractivity contribution < 1.29 is 23.8 Å². The van der Waals surface area contributed by atoms with E-state index in [0.29, 0.717) is 31.4 Å². The van der Waals surface area contributed by atoms with E-state index >= 15 is 0 Å².